The van der Waals surface area contributed by atoms with Crippen LogP contribution in [0.4, 0.5) is 17.1 Å². The molecule has 0 fully saturated rings. The van der Waals surface area contributed by atoms with E-state index in [0.29, 0.717) is 34.2 Å². The van der Waals surface area contributed by atoms with Crippen molar-refractivity contribution in [1.82, 2.24) is 0 Å². The van der Waals surface area contributed by atoms with Crippen LogP contribution in [0.5, 0.6) is 11.5 Å². The third kappa shape index (κ3) is 5.41. The van der Waals surface area contributed by atoms with E-state index >= 15 is 0 Å². The topological polar surface area (TPSA) is 138 Å². The van der Waals surface area contributed by atoms with Crippen LogP contribution in [0.3, 0.4) is 0 Å². The van der Waals surface area contributed by atoms with Crippen molar-refractivity contribution >= 4 is 55.5 Å². The Bertz CT molecular complexity index is 1650. The maximum absolute atomic E-state index is 13.1. The third-order valence-electron chi connectivity index (χ3n) is 5.62. The molecule has 0 aromatic heterocycles. The highest BCUT2D eigenvalue weighted by molar-refractivity contribution is 7.86. The molecule has 0 radical (unpaired) electrons. The summed E-state index contributed by atoms with van der Waals surface area (Å²) in [5, 5.41) is 23.1. The highest BCUT2D eigenvalue weighted by Gasteiger charge is 2.21. The van der Waals surface area contributed by atoms with E-state index < -0.39 is 26.7 Å². The molecule has 0 bridgehead atoms. The maximum Gasteiger partial charge on any atom is 0.296 e. The van der Waals surface area contributed by atoms with Crippen molar-refractivity contribution in [2.45, 2.75) is 18.2 Å². The summed E-state index contributed by atoms with van der Waals surface area (Å²) < 4.78 is 38.4. The monoisotopic (exact) mass is 539 g/mol. The van der Waals surface area contributed by atoms with Crippen LogP contribution in [0, 0.1) is 0 Å². The van der Waals surface area contributed by atoms with Gasteiger partial charge >= 0.3 is 0 Å². The molecule has 9 nitrogen and oxygen atoms in total. The smallest absolute Gasteiger partial charge is 0.296 e. The van der Waals surface area contributed by atoms with Crippen LogP contribution in [0.2, 0.25) is 5.02 Å². The quantitative estimate of drug-likeness (QED) is 0.177. The molecule has 1 amide bonds. The maximum atomic E-state index is 13.1. The Morgan fingerprint density at radius 1 is 1.05 bits per heavy atom. The van der Waals surface area contributed by atoms with Crippen molar-refractivity contribution in [2.24, 2.45) is 10.2 Å². The second-order valence-corrected chi connectivity index (χ2v) is 9.71. The largest absolute Gasteiger partial charge is 0.505 e. The van der Waals surface area contributed by atoms with E-state index in [9.17, 15) is 22.9 Å². The predicted octanol–water partition coefficient (Wildman–Crippen LogP) is 6.68. The number of hydrogen-bond donors (Lipinski definition) is 3. The fourth-order valence-corrected chi connectivity index (χ4v) is 4.94. The average molecular weight is 540 g/mol. The summed E-state index contributed by atoms with van der Waals surface area (Å²) in [7, 11) is -3.14. The highest BCUT2D eigenvalue weighted by Crippen LogP contribution is 2.40. The zero-order valence-corrected chi connectivity index (χ0v) is 21.3. The van der Waals surface area contributed by atoms with Gasteiger partial charge in [-0.15, -0.1) is 5.11 Å². The lowest BCUT2D eigenvalue weighted by Gasteiger charge is -2.13. The summed E-state index contributed by atoms with van der Waals surface area (Å²) in [6.45, 7) is 1.76. The minimum atomic E-state index is -4.61. The van der Waals surface area contributed by atoms with Gasteiger partial charge in [0, 0.05) is 5.39 Å². The minimum absolute atomic E-state index is 0.00433. The summed E-state index contributed by atoms with van der Waals surface area (Å²) >= 11 is 6.12. The number of phenols is 1. The van der Waals surface area contributed by atoms with Crippen LogP contribution in [-0.2, 0) is 16.5 Å². The summed E-state index contributed by atoms with van der Waals surface area (Å²) in [6.07, 6.45) is 0.373. The number of amides is 1. The Balaban J connectivity index is 1.82. The van der Waals surface area contributed by atoms with E-state index in [4.69, 9.17) is 16.3 Å². The van der Waals surface area contributed by atoms with Gasteiger partial charge in [0.15, 0.2) is 5.75 Å². The first-order valence-electron chi connectivity index (χ1n) is 11.0. The Kier molecular flexibility index (Phi) is 7.44. The van der Waals surface area contributed by atoms with Gasteiger partial charge < -0.3 is 15.2 Å². The number of anilines is 1. The van der Waals surface area contributed by atoms with Gasteiger partial charge in [0.25, 0.3) is 16.0 Å². The fraction of sp³-hybridized carbons (Fsp3) is 0.115. The van der Waals surface area contributed by atoms with Gasteiger partial charge in [0.2, 0.25) is 0 Å². The number of benzene rings is 4. The van der Waals surface area contributed by atoms with Gasteiger partial charge in [-0.2, -0.15) is 13.5 Å². The number of azo groups is 1. The van der Waals surface area contributed by atoms with Crippen LogP contribution in [0.15, 0.2) is 81.9 Å². The summed E-state index contributed by atoms with van der Waals surface area (Å²) in [6, 6.07) is 17.9. The number of rotatable bonds is 7. The number of aryl methyl sites for hydroxylation is 1. The van der Waals surface area contributed by atoms with Gasteiger partial charge in [0.1, 0.15) is 16.3 Å². The first kappa shape index (κ1) is 26.1. The summed E-state index contributed by atoms with van der Waals surface area (Å²) in [4.78, 5) is 12.6. The Morgan fingerprint density at radius 2 is 1.76 bits per heavy atom. The molecular weight excluding hydrogens is 518 g/mol. The van der Waals surface area contributed by atoms with Crippen molar-refractivity contribution in [1.29, 1.82) is 0 Å². The molecule has 0 saturated carbocycles. The standard InChI is InChI=1S/C26H22ClN3O6S/c1-3-15-12-17(14-22(23(15)27)37(33,34)35)29-30-24-18-9-5-4-8-16(18)13-19(25(24)31)26(32)28-20-10-6-7-11-21(20)36-2/h4-14,31H,3H2,1-2H3,(H,28,32)(H,33,34,35). The van der Waals surface area contributed by atoms with Crippen LogP contribution in [0.1, 0.15) is 22.8 Å². The number of hydrogen-bond acceptors (Lipinski definition) is 7. The van der Waals surface area contributed by atoms with Crippen LogP contribution in [-0.4, -0.2) is 31.1 Å². The SMILES string of the molecule is CCc1cc(N=Nc2c(O)c(C(=O)Nc3ccccc3OC)cc3ccccc23)cc(S(=O)(=O)O)c1Cl. The van der Waals surface area contributed by atoms with Gasteiger partial charge in [0.05, 0.1) is 29.1 Å². The fourth-order valence-electron chi connectivity index (χ4n) is 3.78. The second kappa shape index (κ2) is 10.6. The Hall–Kier alpha value is -3.99. The molecule has 11 heteroatoms. The van der Waals surface area contributed by atoms with Crippen molar-refractivity contribution in [3.05, 3.63) is 82.9 Å². The molecule has 0 heterocycles. The zero-order chi connectivity index (χ0) is 26.7. The van der Waals surface area contributed by atoms with Gasteiger partial charge in [-0.05, 0) is 47.7 Å². The molecule has 0 aliphatic rings. The Labute approximate surface area is 218 Å². The number of carbonyl (C=O) groups is 1. The average Bonchev–Trinajstić information content (AvgIpc) is 2.88. The predicted molar refractivity (Wildman–Crippen MR) is 141 cm³/mol. The highest BCUT2D eigenvalue weighted by atomic mass is 35.5. The van der Waals surface area contributed by atoms with E-state index in [-0.39, 0.29) is 22.0 Å². The number of phenolic OH excluding ortho intramolecular Hbond substituents is 1. The molecule has 0 atom stereocenters. The van der Waals surface area contributed by atoms with E-state index in [0.717, 1.165) is 6.07 Å². The second-order valence-electron chi connectivity index (χ2n) is 7.94. The molecule has 4 aromatic rings. The summed E-state index contributed by atoms with van der Waals surface area (Å²) in [5.74, 6) is -0.577. The van der Waals surface area contributed by atoms with E-state index in [1.54, 1.807) is 55.5 Å². The van der Waals surface area contributed by atoms with Gasteiger partial charge in [-0.1, -0.05) is 54.9 Å². The number of nitrogens with one attached hydrogen (secondary N) is 1. The van der Waals surface area contributed by atoms with Crippen molar-refractivity contribution in [3.63, 3.8) is 0 Å². The molecule has 0 aliphatic carbocycles. The van der Waals surface area contributed by atoms with Gasteiger partial charge in [-0.3, -0.25) is 9.35 Å². The number of halogens is 1. The molecule has 37 heavy (non-hydrogen) atoms. The minimum Gasteiger partial charge on any atom is -0.505 e. The van der Waals surface area contributed by atoms with Crippen molar-refractivity contribution in [3.8, 4) is 11.5 Å². The molecule has 4 aromatic carbocycles. The number of para-hydroxylation sites is 2. The van der Waals surface area contributed by atoms with E-state index in [1.807, 2.05) is 0 Å². The lowest BCUT2D eigenvalue weighted by atomic mass is 10.0. The molecule has 0 aliphatic heterocycles. The lowest BCUT2D eigenvalue weighted by molar-refractivity contribution is 0.102. The number of ether oxygens (including phenoxy) is 1. The lowest BCUT2D eigenvalue weighted by Crippen LogP contribution is -2.13. The number of nitrogens with zero attached hydrogens (tertiary/aromatic N) is 2. The molecule has 0 unspecified atom stereocenters. The molecular formula is C26H22ClN3O6S. The Morgan fingerprint density at radius 3 is 2.46 bits per heavy atom. The molecule has 0 saturated heterocycles. The van der Waals surface area contributed by atoms with Gasteiger partial charge in [-0.25, -0.2) is 0 Å². The third-order valence-corrected chi connectivity index (χ3v) is 7.05. The van der Waals surface area contributed by atoms with Crippen LogP contribution < -0.4 is 10.1 Å². The van der Waals surface area contributed by atoms with E-state index in [1.165, 1.54) is 19.2 Å². The molecule has 0 spiro atoms. The van der Waals surface area contributed by atoms with E-state index in [2.05, 4.69) is 15.5 Å². The van der Waals surface area contributed by atoms with Crippen molar-refractivity contribution in [2.75, 3.05) is 12.4 Å². The normalized spacial score (nSPS) is 11.7. The first-order valence-corrected chi connectivity index (χ1v) is 12.9. The summed E-state index contributed by atoms with van der Waals surface area (Å²) in [5.41, 5.74) is 0.884. The first-order chi connectivity index (χ1) is 17.6. The molecule has 3 N–H and O–H groups in total. The number of aromatic hydroxyl groups is 1. The molecule has 4 rings (SSSR count). The van der Waals surface area contributed by atoms with Crippen molar-refractivity contribution < 1.29 is 27.6 Å². The number of methoxy groups -OCH3 is 1. The van der Waals surface area contributed by atoms with Crippen LogP contribution in [0.25, 0.3) is 10.8 Å². The number of fused-ring (bicyclic) bond motifs is 1. The number of carbonyl (C=O) groups excluding carboxylic acids is 1. The zero-order valence-electron chi connectivity index (χ0n) is 19.8. The van der Waals surface area contributed by atoms with Crippen LogP contribution >= 0.6 is 11.6 Å². The molecule has 190 valence electrons.